The molecule has 8 nitrogen and oxygen atoms in total. The van der Waals surface area contributed by atoms with Crippen molar-refractivity contribution in [3.63, 3.8) is 0 Å². The van der Waals surface area contributed by atoms with E-state index in [2.05, 4.69) is 9.97 Å². The third-order valence-electron chi connectivity index (χ3n) is 2.66. The molecule has 100 valence electrons. The van der Waals surface area contributed by atoms with Crippen LogP contribution in [0, 0.1) is 0 Å². The largest absolute Gasteiger partial charge is 0.480 e. The Morgan fingerprint density at radius 1 is 1.67 bits per heavy atom. The summed E-state index contributed by atoms with van der Waals surface area (Å²) in [7, 11) is -3.58. The molecule has 2 heterocycles. The molecule has 1 fully saturated rings. The summed E-state index contributed by atoms with van der Waals surface area (Å²) in [5.74, 6) is -1.08. The fourth-order valence-corrected chi connectivity index (χ4v) is 3.28. The lowest BCUT2D eigenvalue weighted by Crippen LogP contribution is -2.63. The zero-order chi connectivity index (χ0) is 13.4. The molecule has 2 N–H and O–H groups in total. The van der Waals surface area contributed by atoms with Gasteiger partial charge in [0.1, 0.15) is 6.61 Å². The highest BCUT2D eigenvalue weighted by molar-refractivity contribution is 7.89. The van der Waals surface area contributed by atoms with Crippen LogP contribution in [-0.2, 0) is 19.6 Å². The first-order chi connectivity index (χ1) is 8.33. The van der Waals surface area contributed by atoms with E-state index < -0.39 is 28.2 Å². The van der Waals surface area contributed by atoms with Gasteiger partial charge in [0.25, 0.3) is 10.0 Å². The van der Waals surface area contributed by atoms with Crippen molar-refractivity contribution in [3.05, 3.63) is 12.5 Å². The lowest BCUT2D eigenvalue weighted by molar-refractivity contribution is -0.157. The maximum atomic E-state index is 12.0. The number of aromatic amines is 1. The third kappa shape index (κ3) is 2.37. The summed E-state index contributed by atoms with van der Waals surface area (Å²) in [4.78, 5) is 16.6. The number of carboxylic acids is 1. The van der Waals surface area contributed by atoms with E-state index in [4.69, 9.17) is 9.84 Å². The molecule has 0 atom stereocenters. The Morgan fingerprint density at radius 3 is 2.83 bits per heavy atom. The summed E-state index contributed by atoms with van der Waals surface area (Å²) >= 11 is 0. The van der Waals surface area contributed by atoms with Crippen LogP contribution in [0.2, 0.25) is 0 Å². The van der Waals surface area contributed by atoms with Crippen LogP contribution in [0.1, 0.15) is 6.92 Å². The molecule has 1 saturated heterocycles. The second kappa shape index (κ2) is 4.34. The van der Waals surface area contributed by atoms with Gasteiger partial charge in [-0.05, 0) is 6.92 Å². The van der Waals surface area contributed by atoms with E-state index in [1.54, 1.807) is 6.92 Å². The predicted molar refractivity (Wildman–Crippen MR) is 59.3 cm³/mol. The van der Waals surface area contributed by atoms with E-state index in [0.29, 0.717) is 0 Å². The Hall–Kier alpha value is -1.45. The van der Waals surface area contributed by atoms with Crippen molar-refractivity contribution in [2.24, 2.45) is 0 Å². The number of hydrogen-bond acceptors (Lipinski definition) is 5. The molecule has 0 aliphatic carbocycles. The van der Waals surface area contributed by atoms with Gasteiger partial charge < -0.3 is 14.8 Å². The monoisotopic (exact) mass is 275 g/mol. The maximum absolute atomic E-state index is 12.0. The highest BCUT2D eigenvalue weighted by atomic mass is 32.2. The van der Waals surface area contributed by atoms with Gasteiger partial charge in [-0.2, -0.15) is 4.31 Å². The summed E-state index contributed by atoms with van der Waals surface area (Å²) in [6, 6.07) is 0. The molecule has 0 unspecified atom stereocenters. The first kappa shape index (κ1) is 13.0. The lowest BCUT2D eigenvalue weighted by Gasteiger charge is -2.45. The molecule has 0 bridgehead atoms. The second-order valence-electron chi connectivity index (χ2n) is 4.32. The Kier molecular flexibility index (Phi) is 3.13. The van der Waals surface area contributed by atoms with Crippen LogP contribution in [0.25, 0.3) is 0 Å². The van der Waals surface area contributed by atoms with E-state index in [1.807, 2.05) is 0 Å². The summed E-state index contributed by atoms with van der Waals surface area (Å²) in [6.45, 7) is 1.49. The maximum Gasteiger partial charge on any atom is 0.329 e. The van der Waals surface area contributed by atoms with Crippen molar-refractivity contribution in [2.45, 2.75) is 17.6 Å². The van der Waals surface area contributed by atoms with Crippen LogP contribution in [0.4, 0.5) is 0 Å². The number of aromatic nitrogens is 2. The fourth-order valence-electron chi connectivity index (χ4n) is 1.72. The van der Waals surface area contributed by atoms with Gasteiger partial charge in [0.15, 0.2) is 5.03 Å². The van der Waals surface area contributed by atoms with Crippen LogP contribution in [0.5, 0.6) is 0 Å². The van der Waals surface area contributed by atoms with Gasteiger partial charge in [0.05, 0.1) is 18.1 Å². The first-order valence-electron chi connectivity index (χ1n) is 5.18. The van der Waals surface area contributed by atoms with Crippen molar-refractivity contribution in [1.29, 1.82) is 0 Å². The Balaban J connectivity index is 1.98. The zero-order valence-electron chi connectivity index (χ0n) is 9.66. The first-order valence-corrected chi connectivity index (χ1v) is 6.62. The number of nitrogens with one attached hydrogen (secondary N) is 1. The van der Waals surface area contributed by atoms with Crippen LogP contribution in [-0.4, -0.2) is 59.1 Å². The Labute approximate surface area is 104 Å². The van der Waals surface area contributed by atoms with Crippen LogP contribution >= 0.6 is 0 Å². The Morgan fingerprint density at radius 2 is 2.33 bits per heavy atom. The minimum atomic E-state index is -3.58. The molecule has 0 aromatic carbocycles. The number of nitrogens with zero attached hydrogens (tertiary/aromatic N) is 2. The third-order valence-corrected chi connectivity index (χ3v) is 4.37. The number of aliphatic carboxylic acids is 1. The molecule has 1 aliphatic rings. The number of carboxylic acid groups (broad SMARTS) is 1. The fraction of sp³-hybridized carbons (Fsp3) is 0.556. The van der Waals surface area contributed by atoms with E-state index in [0.717, 1.165) is 0 Å². The van der Waals surface area contributed by atoms with Crippen molar-refractivity contribution < 1.29 is 23.1 Å². The molecule has 1 aliphatic heterocycles. The molecule has 9 heteroatoms. The number of ether oxygens (including phenoxy) is 1. The van der Waals surface area contributed by atoms with Crippen LogP contribution in [0.3, 0.4) is 0 Å². The minimum Gasteiger partial charge on any atom is -0.480 e. The van der Waals surface area contributed by atoms with E-state index >= 15 is 0 Å². The smallest absolute Gasteiger partial charge is 0.329 e. The van der Waals surface area contributed by atoms with Crippen molar-refractivity contribution >= 4 is 16.0 Å². The van der Waals surface area contributed by atoms with E-state index in [9.17, 15) is 13.2 Å². The molecule has 0 amide bonds. The number of H-pyrrole nitrogens is 1. The molecular weight excluding hydrogens is 262 g/mol. The number of imidazole rings is 1. The summed E-state index contributed by atoms with van der Waals surface area (Å²) in [5, 5.41) is 8.52. The molecule has 18 heavy (non-hydrogen) atoms. The van der Waals surface area contributed by atoms with Crippen LogP contribution < -0.4 is 0 Å². The molecule has 0 saturated carbocycles. The highest BCUT2D eigenvalue weighted by Gasteiger charge is 2.46. The molecule has 0 radical (unpaired) electrons. The van der Waals surface area contributed by atoms with Crippen molar-refractivity contribution in [1.82, 2.24) is 14.3 Å². The highest BCUT2D eigenvalue weighted by Crippen LogP contribution is 2.29. The van der Waals surface area contributed by atoms with Gasteiger partial charge in [-0.15, -0.1) is 0 Å². The lowest BCUT2D eigenvalue weighted by atomic mass is 10.0. The molecule has 2 rings (SSSR count). The Bertz CT molecular complexity index is 533. The van der Waals surface area contributed by atoms with Gasteiger partial charge in [-0.1, -0.05) is 0 Å². The number of sulfonamides is 1. The number of carbonyl (C=O) groups is 1. The summed E-state index contributed by atoms with van der Waals surface area (Å²) in [6.07, 6.45) is 2.51. The van der Waals surface area contributed by atoms with E-state index in [-0.39, 0.29) is 18.1 Å². The van der Waals surface area contributed by atoms with Gasteiger partial charge in [-0.3, -0.25) is 0 Å². The van der Waals surface area contributed by atoms with Gasteiger partial charge >= 0.3 is 5.97 Å². The summed E-state index contributed by atoms with van der Waals surface area (Å²) < 4.78 is 30.3. The second-order valence-corrected chi connectivity index (χ2v) is 6.23. The topological polar surface area (TPSA) is 113 Å². The van der Waals surface area contributed by atoms with Crippen molar-refractivity contribution in [2.75, 3.05) is 19.7 Å². The molecule has 0 spiro atoms. The normalized spacial score (nSPS) is 19.4. The predicted octanol–water partition coefficient (Wildman–Crippen LogP) is -0.726. The number of rotatable bonds is 5. The zero-order valence-corrected chi connectivity index (χ0v) is 10.5. The van der Waals surface area contributed by atoms with Gasteiger partial charge in [0.2, 0.25) is 0 Å². The minimum absolute atomic E-state index is 0.0165. The average molecular weight is 275 g/mol. The van der Waals surface area contributed by atoms with Gasteiger partial charge in [0, 0.05) is 13.1 Å². The quantitative estimate of drug-likeness (QED) is 0.733. The number of hydrogen-bond donors (Lipinski definition) is 2. The molecule has 1 aromatic rings. The molecule has 1 aromatic heterocycles. The van der Waals surface area contributed by atoms with E-state index in [1.165, 1.54) is 16.8 Å². The summed E-state index contributed by atoms with van der Waals surface area (Å²) in [5.41, 5.74) is -0.745. The van der Waals surface area contributed by atoms with Gasteiger partial charge in [-0.25, -0.2) is 18.2 Å². The standard InChI is InChI=1S/C9H13N3O5S/c1-9(17-3-8(13)14)4-12(5-9)18(15,16)7-2-10-6-11-7/h2,6H,3-5H2,1H3,(H,10,11)(H,13,14). The van der Waals surface area contributed by atoms with Crippen LogP contribution in [0.15, 0.2) is 17.6 Å². The van der Waals surface area contributed by atoms with Crippen molar-refractivity contribution in [3.8, 4) is 0 Å². The average Bonchev–Trinajstić information content (AvgIpc) is 2.76. The SMILES string of the molecule is CC1(OCC(=O)O)CN(S(=O)(=O)c2cnc[nH]2)C1. The molecular formula is C9H13N3O5S.